The van der Waals surface area contributed by atoms with Gasteiger partial charge in [0, 0.05) is 25.9 Å². The number of carbonyl (C=O) groups excluding carboxylic acids is 2. The lowest BCUT2D eigenvalue weighted by Crippen LogP contribution is -2.21. The Morgan fingerprint density at radius 2 is 1.73 bits per heavy atom. The maximum absolute atomic E-state index is 12.7. The van der Waals surface area contributed by atoms with Crippen molar-refractivity contribution in [2.45, 2.75) is 13.5 Å². The van der Waals surface area contributed by atoms with Gasteiger partial charge >= 0.3 is 0 Å². The maximum Gasteiger partial charge on any atom is 0.273 e. The first-order chi connectivity index (χ1) is 14.5. The van der Waals surface area contributed by atoms with Crippen LogP contribution in [0.5, 0.6) is 11.5 Å². The number of aryl methyl sites for hydroxylation is 1. The summed E-state index contributed by atoms with van der Waals surface area (Å²) in [4.78, 5) is 24.6. The molecule has 0 bridgehead atoms. The molecule has 8 heteroatoms. The fraction of sp³-hybridized carbons (Fsp3) is 0.227. The van der Waals surface area contributed by atoms with Gasteiger partial charge in [0.2, 0.25) is 0 Å². The highest BCUT2D eigenvalue weighted by Crippen LogP contribution is 2.19. The number of hydrogen-bond donors (Lipinski definition) is 2. The van der Waals surface area contributed by atoms with Crippen LogP contribution in [0.15, 0.2) is 54.7 Å². The van der Waals surface area contributed by atoms with Crippen LogP contribution in [0.3, 0.4) is 0 Å². The second kappa shape index (κ2) is 9.60. The number of hydrogen-bond acceptors (Lipinski definition) is 5. The number of ether oxygens (including phenoxy) is 2. The first kappa shape index (κ1) is 20.9. The highest BCUT2D eigenvalue weighted by molar-refractivity contribution is 6.08. The molecule has 8 nitrogen and oxygen atoms in total. The van der Waals surface area contributed by atoms with Crippen molar-refractivity contribution in [2.24, 2.45) is 7.05 Å². The molecule has 156 valence electrons. The largest absolute Gasteiger partial charge is 0.494 e. The Labute approximate surface area is 174 Å². The standard InChI is InChI=1S/C22H24N4O4/c1-4-29-17-8-10-18(11-9-17)30-14-15-6-5-7-16(12-15)21(27)24-19-13-26(3)25-20(19)22(28)23-2/h5-13H,4,14H2,1-3H3,(H,23,28)(H,24,27). The molecule has 0 saturated carbocycles. The van der Waals surface area contributed by atoms with E-state index in [2.05, 4.69) is 15.7 Å². The van der Waals surface area contributed by atoms with Crippen molar-refractivity contribution in [3.8, 4) is 11.5 Å². The van der Waals surface area contributed by atoms with Crippen LogP contribution < -0.4 is 20.1 Å². The van der Waals surface area contributed by atoms with E-state index in [0.29, 0.717) is 30.2 Å². The predicted molar refractivity (Wildman–Crippen MR) is 113 cm³/mol. The molecule has 0 unspecified atom stereocenters. The zero-order valence-electron chi connectivity index (χ0n) is 17.1. The molecule has 0 aliphatic rings. The molecule has 2 aromatic carbocycles. The van der Waals surface area contributed by atoms with Gasteiger partial charge in [-0.3, -0.25) is 14.3 Å². The molecule has 0 fully saturated rings. The summed E-state index contributed by atoms with van der Waals surface area (Å²) in [6, 6.07) is 14.5. The van der Waals surface area contributed by atoms with Gasteiger partial charge in [-0.15, -0.1) is 0 Å². The summed E-state index contributed by atoms with van der Waals surface area (Å²) < 4.78 is 12.7. The Kier molecular flexibility index (Phi) is 6.69. The van der Waals surface area contributed by atoms with Gasteiger partial charge in [0.15, 0.2) is 5.69 Å². The summed E-state index contributed by atoms with van der Waals surface area (Å²) in [7, 11) is 3.19. The molecule has 3 aromatic rings. The molecule has 0 spiro atoms. The van der Waals surface area contributed by atoms with Crippen molar-refractivity contribution in [1.29, 1.82) is 0 Å². The molecule has 2 amide bonds. The summed E-state index contributed by atoms with van der Waals surface area (Å²) in [6.45, 7) is 2.85. The molecule has 0 saturated heterocycles. The minimum absolute atomic E-state index is 0.156. The van der Waals surface area contributed by atoms with Crippen molar-refractivity contribution in [3.05, 3.63) is 71.5 Å². The molecular weight excluding hydrogens is 384 g/mol. The molecule has 2 N–H and O–H groups in total. The molecule has 0 aliphatic heterocycles. The third-order valence-electron chi connectivity index (χ3n) is 4.25. The minimum Gasteiger partial charge on any atom is -0.494 e. The van der Waals surface area contributed by atoms with Crippen LogP contribution in [0.2, 0.25) is 0 Å². The highest BCUT2D eigenvalue weighted by Gasteiger charge is 2.17. The lowest BCUT2D eigenvalue weighted by Gasteiger charge is -2.09. The van der Waals surface area contributed by atoms with Gasteiger partial charge in [-0.05, 0) is 48.9 Å². The van der Waals surface area contributed by atoms with Crippen molar-refractivity contribution >= 4 is 17.5 Å². The van der Waals surface area contributed by atoms with Gasteiger partial charge in [0.1, 0.15) is 18.1 Å². The van der Waals surface area contributed by atoms with Gasteiger partial charge in [-0.25, -0.2) is 0 Å². The lowest BCUT2D eigenvalue weighted by atomic mass is 10.1. The van der Waals surface area contributed by atoms with Crippen LogP contribution in [-0.2, 0) is 13.7 Å². The Hall–Kier alpha value is -3.81. The van der Waals surface area contributed by atoms with E-state index in [1.54, 1.807) is 31.4 Å². The second-order valence-corrected chi connectivity index (χ2v) is 6.49. The van der Waals surface area contributed by atoms with E-state index in [-0.39, 0.29) is 17.5 Å². The normalized spacial score (nSPS) is 10.4. The minimum atomic E-state index is -0.372. The van der Waals surface area contributed by atoms with Gasteiger partial charge < -0.3 is 20.1 Å². The molecule has 30 heavy (non-hydrogen) atoms. The van der Waals surface area contributed by atoms with E-state index in [1.807, 2.05) is 37.3 Å². The van der Waals surface area contributed by atoms with Crippen LogP contribution in [0, 0.1) is 0 Å². The summed E-state index contributed by atoms with van der Waals surface area (Å²) in [5.74, 6) is 0.786. The number of benzene rings is 2. The lowest BCUT2D eigenvalue weighted by molar-refractivity contribution is 0.0958. The number of nitrogens with one attached hydrogen (secondary N) is 2. The number of nitrogens with zero attached hydrogens (tertiary/aromatic N) is 2. The van der Waals surface area contributed by atoms with Crippen LogP contribution in [-0.4, -0.2) is 35.2 Å². The zero-order valence-corrected chi connectivity index (χ0v) is 17.1. The summed E-state index contributed by atoms with van der Waals surface area (Å²) in [5, 5.41) is 9.34. The van der Waals surface area contributed by atoms with Gasteiger partial charge in [-0.2, -0.15) is 5.10 Å². The van der Waals surface area contributed by atoms with E-state index < -0.39 is 0 Å². The number of rotatable bonds is 8. The Balaban J connectivity index is 1.66. The van der Waals surface area contributed by atoms with Gasteiger partial charge in [0.05, 0.1) is 12.3 Å². The van der Waals surface area contributed by atoms with E-state index in [9.17, 15) is 9.59 Å². The number of amides is 2. The maximum atomic E-state index is 12.7. The average Bonchev–Trinajstić information content (AvgIpc) is 3.13. The summed E-state index contributed by atoms with van der Waals surface area (Å²) in [6.07, 6.45) is 1.58. The van der Waals surface area contributed by atoms with Crippen molar-refractivity contribution < 1.29 is 19.1 Å². The van der Waals surface area contributed by atoms with Crippen LogP contribution in [0.25, 0.3) is 0 Å². The molecule has 1 aromatic heterocycles. The molecule has 0 radical (unpaired) electrons. The van der Waals surface area contributed by atoms with Crippen molar-refractivity contribution in [3.63, 3.8) is 0 Å². The fourth-order valence-corrected chi connectivity index (χ4v) is 2.83. The number of aromatic nitrogens is 2. The van der Waals surface area contributed by atoms with E-state index in [0.717, 1.165) is 11.3 Å². The van der Waals surface area contributed by atoms with Gasteiger partial charge in [0.25, 0.3) is 11.8 Å². The van der Waals surface area contributed by atoms with Gasteiger partial charge in [-0.1, -0.05) is 12.1 Å². The van der Waals surface area contributed by atoms with Crippen LogP contribution in [0.1, 0.15) is 33.3 Å². The molecule has 0 aliphatic carbocycles. The zero-order chi connectivity index (χ0) is 21.5. The number of anilines is 1. The Morgan fingerprint density at radius 3 is 2.40 bits per heavy atom. The molecule has 3 rings (SSSR count). The molecular formula is C22H24N4O4. The SMILES string of the molecule is CCOc1ccc(OCc2cccc(C(=O)Nc3cn(C)nc3C(=O)NC)c2)cc1. The van der Waals surface area contributed by atoms with Crippen LogP contribution in [0.4, 0.5) is 5.69 Å². The van der Waals surface area contributed by atoms with E-state index in [1.165, 1.54) is 11.7 Å². The topological polar surface area (TPSA) is 94.5 Å². The Morgan fingerprint density at radius 1 is 1.03 bits per heavy atom. The first-order valence-corrected chi connectivity index (χ1v) is 9.51. The van der Waals surface area contributed by atoms with E-state index >= 15 is 0 Å². The smallest absolute Gasteiger partial charge is 0.273 e. The van der Waals surface area contributed by atoms with Crippen molar-refractivity contribution in [2.75, 3.05) is 19.0 Å². The molecule has 0 atom stereocenters. The third kappa shape index (κ3) is 5.16. The third-order valence-corrected chi connectivity index (χ3v) is 4.25. The quantitative estimate of drug-likeness (QED) is 0.598. The van der Waals surface area contributed by atoms with Crippen LogP contribution >= 0.6 is 0 Å². The Bertz CT molecular complexity index is 1030. The van der Waals surface area contributed by atoms with Crippen molar-refractivity contribution in [1.82, 2.24) is 15.1 Å². The second-order valence-electron chi connectivity index (χ2n) is 6.49. The molecule has 1 heterocycles. The fourth-order valence-electron chi connectivity index (χ4n) is 2.83. The summed E-state index contributed by atoms with van der Waals surface area (Å²) in [5.41, 5.74) is 1.80. The average molecular weight is 408 g/mol. The monoisotopic (exact) mass is 408 g/mol. The number of carbonyl (C=O) groups is 2. The highest BCUT2D eigenvalue weighted by atomic mass is 16.5. The van der Waals surface area contributed by atoms with E-state index in [4.69, 9.17) is 9.47 Å². The first-order valence-electron chi connectivity index (χ1n) is 9.51. The summed E-state index contributed by atoms with van der Waals surface area (Å²) >= 11 is 0. The predicted octanol–water partition coefficient (Wildman–Crippen LogP) is 3.01.